The third kappa shape index (κ3) is 18.2. The smallest absolute Gasteiger partial charge is 0.419 e. The van der Waals surface area contributed by atoms with Crippen LogP contribution in [0.2, 0.25) is 0 Å². The summed E-state index contributed by atoms with van der Waals surface area (Å²) in [7, 11) is -7.51. The van der Waals surface area contributed by atoms with Gasteiger partial charge in [-0.15, -0.1) is 0 Å². The third-order valence-corrected chi connectivity index (χ3v) is 18.6. The predicted octanol–water partition coefficient (Wildman–Crippen LogP) is 8.78. The summed E-state index contributed by atoms with van der Waals surface area (Å²) in [5.74, 6) is -2.82. The van der Waals surface area contributed by atoms with Crippen molar-refractivity contribution in [2.75, 3.05) is 52.6 Å². The van der Waals surface area contributed by atoms with Crippen molar-refractivity contribution in [3.05, 3.63) is 144 Å². The second-order valence-electron chi connectivity index (χ2n) is 20.4. The number of nitrogens with zero attached hydrogens (tertiary/aromatic N) is 4. The number of alkyl halides is 6. The first-order valence-corrected chi connectivity index (χ1v) is 30.1. The van der Waals surface area contributed by atoms with Crippen LogP contribution in [0.15, 0.2) is 92.5 Å². The average Bonchev–Trinajstić information content (AvgIpc) is 2.81. The number of halogens is 9. The summed E-state index contributed by atoms with van der Waals surface area (Å²) in [5, 5.41) is 42.9. The number of aryl methyl sites for hydroxylation is 4. The van der Waals surface area contributed by atoms with Gasteiger partial charge in [0, 0.05) is 65.4 Å². The minimum Gasteiger partial charge on any atom is -0.493 e. The highest BCUT2D eigenvalue weighted by Crippen LogP contribution is 2.38. The van der Waals surface area contributed by atoms with Gasteiger partial charge in [-0.1, -0.05) is 37.4 Å². The molecule has 2 atom stereocenters. The molecule has 18 nitrogen and oxygen atoms in total. The molecule has 0 bridgehead atoms. The zero-order valence-electron chi connectivity index (χ0n) is 46.3. The lowest BCUT2D eigenvalue weighted by Gasteiger charge is -2.34. The molecule has 4 aromatic rings. The summed E-state index contributed by atoms with van der Waals surface area (Å²) >= 11 is 3.49. The standard InChI is InChI=1S/C28H31F4N3O6S.C16H15F4N3O3S.C12H17BrO3.2CH4/c1-17-13-21(41-11-5-20(37)16-36)14-18(2)22(17)6-12-42(39,40)35-9-7-27(8-10-35)26(38)33-25(34-27)19-3-4-24(29)23(15-19)28(30,31)32;1-2-27(25,26)23-7-5-15(6-8-23)14(24)21-13(22-15)10-3-4-12(17)11(9-10)16(18,19)20;1-8-5-11(6-9(2)12(8)13)16-4-3-10(15)7-14;;/h3-4,6,12-15,20,36-37H,5,7-11,16H2,1-2H3,(H,33,34,38);2-4,9H,1,5-8H2,(H,21,22,24);5-6,10,14-15H,3-4,7H2,1-2H3;2*1H4/b12-6+;;;;. The molecule has 2 fully saturated rings. The average molecular weight is 1340 g/mol. The van der Waals surface area contributed by atoms with Crippen LogP contribution in [0.4, 0.5) is 35.1 Å². The van der Waals surface area contributed by atoms with Gasteiger partial charge in [0.1, 0.15) is 45.9 Å². The Morgan fingerprint density at radius 2 is 1.00 bits per heavy atom. The molecular weight excluding hydrogens is 1270 g/mol. The predicted molar refractivity (Wildman–Crippen MR) is 316 cm³/mol. The van der Waals surface area contributed by atoms with Gasteiger partial charge >= 0.3 is 12.4 Å². The van der Waals surface area contributed by atoms with Crippen LogP contribution in [0.5, 0.6) is 11.5 Å². The zero-order valence-corrected chi connectivity index (χ0v) is 49.5. The number of hydrogen-bond donors (Lipinski definition) is 6. The topological polar surface area (TPSA) is 257 Å². The highest BCUT2D eigenvalue weighted by atomic mass is 79.9. The van der Waals surface area contributed by atoms with E-state index in [0.29, 0.717) is 48.6 Å². The SMILES string of the molecule is C.C.C=CS(=O)(=O)N1CCC2(CC1)N=C(c1ccc(F)c(C(F)(F)F)c1)NC2=O.Cc1cc(OCCC(O)CO)cc(C)c1/C=C/S(=O)(=O)N1CCC2(CC1)N=C(c1ccc(F)c(C(F)(F)F)c1)NC2=O.Cc1cc(OCCC(O)CO)cc(C)c1Br. The maximum atomic E-state index is 13.7. The zero-order chi connectivity index (χ0) is 63.0. The molecule has 0 aromatic heterocycles. The van der Waals surface area contributed by atoms with Crippen LogP contribution in [0, 0.1) is 39.3 Å². The summed E-state index contributed by atoms with van der Waals surface area (Å²) in [6.07, 6.45) is -9.04. The highest BCUT2D eigenvalue weighted by Gasteiger charge is 2.49. The first-order valence-electron chi connectivity index (χ1n) is 26.3. The Hall–Kier alpha value is -6.18. The van der Waals surface area contributed by atoms with E-state index in [1.165, 1.54) is 10.4 Å². The third-order valence-electron chi connectivity index (χ3n) is 14.3. The van der Waals surface area contributed by atoms with Crippen molar-refractivity contribution in [2.24, 2.45) is 9.98 Å². The fraction of sp³-hybridized carbons (Fsp3) is 0.448. The summed E-state index contributed by atoms with van der Waals surface area (Å²) in [6, 6.07) is 12.1. The second-order valence-corrected chi connectivity index (χ2v) is 24.9. The molecule has 0 aliphatic carbocycles. The van der Waals surface area contributed by atoms with E-state index in [1.807, 2.05) is 26.0 Å². The van der Waals surface area contributed by atoms with Gasteiger partial charge in [-0.25, -0.2) is 25.6 Å². The highest BCUT2D eigenvalue weighted by molar-refractivity contribution is 9.10. The number of carbonyl (C=O) groups is 2. The van der Waals surface area contributed by atoms with Crippen LogP contribution in [0.3, 0.4) is 0 Å². The van der Waals surface area contributed by atoms with Gasteiger partial charge < -0.3 is 40.5 Å². The Morgan fingerprint density at radius 1 is 0.644 bits per heavy atom. The Kier molecular flexibility index (Phi) is 25.2. The molecule has 8 rings (SSSR count). The van der Waals surface area contributed by atoms with Crippen molar-refractivity contribution in [3.8, 4) is 11.5 Å². The Bertz CT molecular complexity index is 3410. The summed E-state index contributed by atoms with van der Waals surface area (Å²) in [4.78, 5) is 33.8. The van der Waals surface area contributed by atoms with E-state index in [9.17, 15) is 66.7 Å². The van der Waals surface area contributed by atoms with Crippen molar-refractivity contribution in [1.82, 2.24) is 19.2 Å². The van der Waals surface area contributed by atoms with Gasteiger partial charge in [-0.05, 0) is 148 Å². The lowest BCUT2D eigenvalue weighted by atomic mass is 9.89. The number of amidine groups is 2. The van der Waals surface area contributed by atoms with Gasteiger partial charge in [0.2, 0.25) is 20.0 Å². The number of sulfonamides is 2. The van der Waals surface area contributed by atoms with Crippen LogP contribution in [-0.4, -0.2) is 145 Å². The largest absolute Gasteiger partial charge is 0.493 e. The fourth-order valence-electron chi connectivity index (χ4n) is 9.41. The number of nitrogens with one attached hydrogen (secondary N) is 2. The summed E-state index contributed by atoms with van der Waals surface area (Å²) < 4.78 is 170. The number of carbonyl (C=O) groups excluding carboxylic acids is 2. The first kappa shape index (κ1) is 73.3. The Labute approximate surface area is 508 Å². The van der Waals surface area contributed by atoms with E-state index >= 15 is 0 Å². The van der Waals surface area contributed by atoms with Crippen molar-refractivity contribution >= 4 is 65.5 Å². The molecule has 4 aliphatic heterocycles. The van der Waals surface area contributed by atoms with Crippen LogP contribution >= 0.6 is 15.9 Å². The quantitative estimate of drug-likeness (QED) is 0.0543. The molecule has 2 saturated heterocycles. The van der Waals surface area contributed by atoms with Crippen LogP contribution < -0.4 is 20.1 Å². The minimum absolute atomic E-state index is 0. The van der Waals surface area contributed by atoms with Crippen LogP contribution in [0.1, 0.15) is 103 Å². The van der Waals surface area contributed by atoms with Crippen LogP contribution in [0.25, 0.3) is 6.08 Å². The maximum absolute atomic E-state index is 13.7. The molecule has 2 amide bonds. The van der Waals surface area contributed by atoms with Crippen molar-refractivity contribution in [2.45, 2.75) is 117 Å². The molecular formula is C58H71BrF8N6O12S2. The maximum Gasteiger partial charge on any atom is 0.419 e. The van der Waals surface area contributed by atoms with Gasteiger partial charge in [-0.2, -0.15) is 35.0 Å². The molecule has 4 aliphatic rings. The van der Waals surface area contributed by atoms with Crippen molar-refractivity contribution < 1.29 is 91.4 Å². The minimum atomic E-state index is -4.92. The van der Waals surface area contributed by atoms with Crippen molar-refractivity contribution in [1.29, 1.82) is 0 Å². The van der Waals surface area contributed by atoms with E-state index in [-0.39, 0.29) is 116 Å². The molecule has 29 heteroatoms. The number of piperidine rings is 2. The number of aliphatic hydroxyl groups is 4. The molecule has 2 unspecified atom stereocenters. The Morgan fingerprint density at radius 3 is 1.34 bits per heavy atom. The lowest BCUT2D eigenvalue weighted by Crippen LogP contribution is -2.50. The van der Waals surface area contributed by atoms with E-state index in [0.717, 1.165) is 59.7 Å². The van der Waals surface area contributed by atoms with E-state index in [4.69, 9.17) is 24.8 Å². The molecule has 4 aromatic carbocycles. The Balaban J connectivity index is 0.000000308. The molecule has 4 heterocycles. The number of aliphatic hydroxyl groups excluding tert-OH is 4. The van der Waals surface area contributed by atoms with E-state index < -0.39 is 90.3 Å². The lowest BCUT2D eigenvalue weighted by molar-refractivity contribution is -0.140. The number of rotatable bonds is 17. The molecule has 2 spiro atoms. The summed E-state index contributed by atoms with van der Waals surface area (Å²) in [6.45, 7) is 10.8. The van der Waals surface area contributed by atoms with Crippen molar-refractivity contribution in [3.63, 3.8) is 0 Å². The monoisotopic (exact) mass is 1340 g/mol. The molecule has 0 saturated carbocycles. The fourth-order valence-corrected chi connectivity index (χ4v) is 11.7. The second kappa shape index (κ2) is 29.9. The van der Waals surface area contributed by atoms with Crippen LogP contribution in [-0.2, 0) is 42.0 Å². The normalized spacial score (nSPS) is 17.5. The molecule has 0 radical (unpaired) electrons. The number of aliphatic imine (C=N–C) groups is 2. The summed E-state index contributed by atoms with van der Waals surface area (Å²) in [5.41, 5.74) is -1.25. The van der Waals surface area contributed by atoms with Gasteiger partial charge in [0.05, 0.1) is 49.8 Å². The molecule has 87 heavy (non-hydrogen) atoms. The first-order chi connectivity index (χ1) is 39.7. The number of benzene rings is 4. The molecule has 480 valence electrons. The van der Waals surface area contributed by atoms with Gasteiger partial charge in [-0.3, -0.25) is 19.6 Å². The number of amides is 2. The van der Waals surface area contributed by atoms with Gasteiger partial charge in [0.25, 0.3) is 11.8 Å². The van der Waals surface area contributed by atoms with Gasteiger partial charge in [0.15, 0.2) is 0 Å². The van der Waals surface area contributed by atoms with E-state index in [2.05, 4.69) is 43.1 Å². The molecule has 6 N–H and O–H groups in total. The number of hydrogen-bond acceptors (Lipinski definition) is 14. The number of ether oxygens (including phenoxy) is 2. The van der Waals surface area contributed by atoms with E-state index in [1.54, 1.807) is 26.0 Å².